The number of hydrogen-bond acceptors (Lipinski definition) is 3. The highest BCUT2D eigenvalue weighted by Crippen LogP contribution is 2.11. The Bertz CT molecular complexity index is 394. The monoisotopic (exact) mass is 298 g/mol. The highest BCUT2D eigenvalue weighted by atomic mass is 79.9. The van der Waals surface area contributed by atoms with Gasteiger partial charge in [0, 0.05) is 17.6 Å². The van der Waals surface area contributed by atoms with E-state index in [0.29, 0.717) is 19.5 Å². The predicted octanol–water partition coefficient (Wildman–Crippen LogP) is 0.788. The van der Waals surface area contributed by atoms with Crippen LogP contribution in [0.4, 0.5) is 0 Å². The average Bonchev–Trinajstić information content (AvgIpc) is 2.75. The number of hydrogen-bond donors (Lipinski definition) is 3. The smallest absolute Gasteiger partial charge is 0.237 e. The normalized spacial score (nSPS) is 23.6. The average molecular weight is 299 g/mol. The summed E-state index contributed by atoms with van der Waals surface area (Å²) in [6, 6.07) is 7.54. The van der Waals surface area contributed by atoms with Crippen molar-refractivity contribution < 1.29 is 9.90 Å². The third-order valence-electron chi connectivity index (χ3n) is 2.80. The van der Waals surface area contributed by atoms with Crippen LogP contribution in [0.5, 0.6) is 0 Å². The SMILES string of the molecule is O=C(NCc1ccc(Br)cc1)C1CC(O)CN1. The van der Waals surface area contributed by atoms with Crippen molar-refractivity contribution >= 4 is 21.8 Å². The lowest BCUT2D eigenvalue weighted by atomic mass is 10.2. The van der Waals surface area contributed by atoms with Gasteiger partial charge in [-0.05, 0) is 24.1 Å². The number of rotatable bonds is 3. The number of aliphatic hydroxyl groups excluding tert-OH is 1. The molecule has 0 spiro atoms. The largest absolute Gasteiger partial charge is 0.392 e. The van der Waals surface area contributed by atoms with Crippen LogP contribution in [0, 0.1) is 0 Å². The number of aliphatic hydroxyl groups is 1. The van der Waals surface area contributed by atoms with Gasteiger partial charge in [0.2, 0.25) is 5.91 Å². The van der Waals surface area contributed by atoms with Crippen molar-refractivity contribution in [2.45, 2.75) is 25.1 Å². The molecule has 1 aliphatic rings. The summed E-state index contributed by atoms with van der Waals surface area (Å²) < 4.78 is 1.02. The molecule has 3 N–H and O–H groups in total. The number of benzene rings is 1. The zero-order chi connectivity index (χ0) is 12.3. The fourth-order valence-electron chi connectivity index (χ4n) is 1.83. The second-order valence-corrected chi connectivity index (χ2v) is 5.11. The maximum atomic E-state index is 11.7. The molecule has 5 heteroatoms. The summed E-state index contributed by atoms with van der Waals surface area (Å²) in [7, 11) is 0. The second kappa shape index (κ2) is 5.62. The lowest BCUT2D eigenvalue weighted by Gasteiger charge is -2.11. The summed E-state index contributed by atoms with van der Waals surface area (Å²) in [5.41, 5.74) is 1.06. The zero-order valence-electron chi connectivity index (χ0n) is 9.32. The van der Waals surface area contributed by atoms with Crippen LogP contribution < -0.4 is 10.6 Å². The predicted molar refractivity (Wildman–Crippen MR) is 68.4 cm³/mol. The molecule has 1 aromatic rings. The van der Waals surface area contributed by atoms with Crippen LogP contribution in [0.2, 0.25) is 0 Å². The minimum absolute atomic E-state index is 0.0514. The molecule has 92 valence electrons. The number of carbonyl (C=O) groups is 1. The van der Waals surface area contributed by atoms with Crippen LogP contribution in [0.25, 0.3) is 0 Å². The van der Waals surface area contributed by atoms with E-state index in [0.717, 1.165) is 10.0 Å². The molecule has 1 aromatic carbocycles. The molecule has 0 saturated carbocycles. The van der Waals surface area contributed by atoms with Crippen LogP contribution in [0.15, 0.2) is 28.7 Å². The van der Waals surface area contributed by atoms with E-state index in [1.807, 2.05) is 24.3 Å². The Morgan fingerprint density at radius 1 is 1.47 bits per heavy atom. The van der Waals surface area contributed by atoms with Crippen molar-refractivity contribution in [1.29, 1.82) is 0 Å². The van der Waals surface area contributed by atoms with Gasteiger partial charge in [0.05, 0.1) is 12.1 Å². The van der Waals surface area contributed by atoms with E-state index in [2.05, 4.69) is 26.6 Å². The third kappa shape index (κ3) is 3.52. The zero-order valence-corrected chi connectivity index (χ0v) is 10.9. The molecule has 0 aliphatic carbocycles. The molecule has 0 bridgehead atoms. The molecular formula is C12H15BrN2O2. The Morgan fingerprint density at radius 3 is 2.76 bits per heavy atom. The van der Waals surface area contributed by atoms with Crippen molar-refractivity contribution in [1.82, 2.24) is 10.6 Å². The quantitative estimate of drug-likeness (QED) is 0.773. The number of amides is 1. The van der Waals surface area contributed by atoms with Crippen molar-refractivity contribution in [2.24, 2.45) is 0 Å². The maximum Gasteiger partial charge on any atom is 0.237 e. The van der Waals surface area contributed by atoms with Gasteiger partial charge in [0.1, 0.15) is 0 Å². The molecule has 1 heterocycles. The van der Waals surface area contributed by atoms with Gasteiger partial charge in [-0.25, -0.2) is 0 Å². The summed E-state index contributed by atoms with van der Waals surface area (Å²) in [6.07, 6.45) is 0.0880. The topological polar surface area (TPSA) is 61.4 Å². The molecule has 4 nitrogen and oxygen atoms in total. The van der Waals surface area contributed by atoms with E-state index in [9.17, 15) is 9.90 Å². The first-order chi connectivity index (χ1) is 8.15. The second-order valence-electron chi connectivity index (χ2n) is 4.19. The van der Waals surface area contributed by atoms with E-state index < -0.39 is 6.10 Å². The van der Waals surface area contributed by atoms with Gasteiger partial charge in [0.15, 0.2) is 0 Å². The molecule has 2 rings (SSSR count). The van der Waals surface area contributed by atoms with Gasteiger partial charge in [-0.2, -0.15) is 0 Å². The van der Waals surface area contributed by atoms with Crippen molar-refractivity contribution in [3.05, 3.63) is 34.3 Å². The molecule has 1 amide bonds. The first-order valence-corrected chi connectivity index (χ1v) is 6.38. The Balaban J connectivity index is 1.82. The lowest BCUT2D eigenvalue weighted by Crippen LogP contribution is -2.39. The number of halogens is 1. The molecule has 1 fully saturated rings. The van der Waals surface area contributed by atoms with Crippen molar-refractivity contribution in [3.63, 3.8) is 0 Å². The Morgan fingerprint density at radius 2 is 2.18 bits per heavy atom. The third-order valence-corrected chi connectivity index (χ3v) is 3.33. The highest BCUT2D eigenvalue weighted by Gasteiger charge is 2.27. The van der Waals surface area contributed by atoms with Gasteiger partial charge in [-0.15, -0.1) is 0 Å². The lowest BCUT2D eigenvalue weighted by molar-refractivity contribution is -0.123. The summed E-state index contributed by atoms with van der Waals surface area (Å²) in [5.74, 6) is -0.0514. The van der Waals surface area contributed by atoms with Crippen LogP contribution in [-0.2, 0) is 11.3 Å². The van der Waals surface area contributed by atoms with Gasteiger partial charge in [-0.3, -0.25) is 4.79 Å². The standard InChI is InChI=1S/C12H15BrN2O2/c13-9-3-1-8(2-4-9)6-15-12(17)11-5-10(16)7-14-11/h1-4,10-11,14,16H,5-7H2,(H,15,17). The van der Waals surface area contributed by atoms with Crippen molar-refractivity contribution in [3.8, 4) is 0 Å². The molecule has 0 radical (unpaired) electrons. The van der Waals surface area contributed by atoms with Gasteiger partial charge in [-0.1, -0.05) is 28.1 Å². The van der Waals surface area contributed by atoms with E-state index in [1.165, 1.54) is 0 Å². The van der Waals surface area contributed by atoms with E-state index in [1.54, 1.807) is 0 Å². The Labute approximate surface area is 109 Å². The van der Waals surface area contributed by atoms with E-state index in [4.69, 9.17) is 0 Å². The Kier molecular flexibility index (Phi) is 4.15. The molecule has 17 heavy (non-hydrogen) atoms. The minimum atomic E-state index is -0.404. The number of nitrogens with one attached hydrogen (secondary N) is 2. The summed E-state index contributed by atoms with van der Waals surface area (Å²) in [6.45, 7) is 1.01. The Hall–Kier alpha value is -0.910. The first kappa shape index (κ1) is 12.5. The summed E-state index contributed by atoms with van der Waals surface area (Å²) >= 11 is 3.36. The van der Waals surface area contributed by atoms with Gasteiger partial charge in [0.25, 0.3) is 0 Å². The maximum absolute atomic E-state index is 11.7. The van der Waals surface area contributed by atoms with Crippen LogP contribution in [0.3, 0.4) is 0 Å². The number of β-amino-alcohol motifs (C(OH)–C–C–N with tert-alkyl or cyclic N) is 1. The fourth-order valence-corrected chi connectivity index (χ4v) is 2.10. The van der Waals surface area contributed by atoms with E-state index in [-0.39, 0.29) is 11.9 Å². The highest BCUT2D eigenvalue weighted by molar-refractivity contribution is 9.10. The van der Waals surface area contributed by atoms with Gasteiger partial charge < -0.3 is 15.7 Å². The first-order valence-electron chi connectivity index (χ1n) is 5.59. The van der Waals surface area contributed by atoms with E-state index >= 15 is 0 Å². The fraction of sp³-hybridized carbons (Fsp3) is 0.417. The molecule has 0 aromatic heterocycles. The summed E-state index contributed by atoms with van der Waals surface area (Å²) in [5, 5.41) is 15.2. The summed E-state index contributed by atoms with van der Waals surface area (Å²) in [4.78, 5) is 11.7. The molecule has 2 unspecified atom stereocenters. The molecule has 1 saturated heterocycles. The van der Waals surface area contributed by atoms with Crippen LogP contribution in [-0.4, -0.2) is 29.7 Å². The van der Waals surface area contributed by atoms with Gasteiger partial charge >= 0.3 is 0 Å². The molecule has 1 aliphatic heterocycles. The number of carbonyl (C=O) groups excluding carboxylic acids is 1. The molecule has 2 atom stereocenters. The van der Waals surface area contributed by atoms with Crippen LogP contribution in [0.1, 0.15) is 12.0 Å². The van der Waals surface area contributed by atoms with Crippen molar-refractivity contribution in [2.75, 3.05) is 6.54 Å². The van der Waals surface area contributed by atoms with Crippen LogP contribution >= 0.6 is 15.9 Å². The molecular weight excluding hydrogens is 284 g/mol. The minimum Gasteiger partial charge on any atom is -0.392 e.